The Hall–Kier alpha value is -0.370. The zero-order valence-electron chi connectivity index (χ0n) is 13.1. The topological polar surface area (TPSA) is 37.3 Å². The molecule has 0 bridgehead atoms. The fourth-order valence-corrected chi connectivity index (χ4v) is 10.6. The summed E-state index contributed by atoms with van der Waals surface area (Å²) in [4.78, 5) is 13.2. The van der Waals surface area contributed by atoms with Crippen molar-refractivity contribution in [3.8, 4) is 0 Å². The molecule has 2 nitrogen and oxygen atoms in total. The molecule has 22 heavy (non-hydrogen) atoms. The minimum atomic E-state index is 0.442. The second-order valence-corrected chi connectivity index (χ2v) is 9.92. The molecule has 0 saturated heterocycles. The van der Waals surface area contributed by atoms with Gasteiger partial charge >= 0.3 is 0 Å². The molecule has 0 unspecified atom stereocenters. The largest absolute Gasteiger partial charge is 0.396 e. The van der Waals surface area contributed by atoms with E-state index in [9.17, 15) is 9.90 Å². The Morgan fingerprint density at radius 3 is 2.32 bits per heavy atom. The highest BCUT2D eigenvalue weighted by Crippen LogP contribution is 2.82. The summed E-state index contributed by atoms with van der Waals surface area (Å²) in [6.07, 6.45) is 6.69. The first-order valence-electron chi connectivity index (χ1n) is 9.97. The smallest absolute Gasteiger partial charge is 0.139 e. The summed E-state index contributed by atoms with van der Waals surface area (Å²) in [6.45, 7) is 0.442. The lowest BCUT2D eigenvalue weighted by Gasteiger charge is -2.31. The van der Waals surface area contributed by atoms with E-state index in [1.165, 1.54) is 32.1 Å². The molecular formula is C20H26O2. The van der Waals surface area contributed by atoms with Crippen molar-refractivity contribution in [1.29, 1.82) is 0 Å². The van der Waals surface area contributed by atoms with Crippen LogP contribution in [0.15, 0.2) is 0 Å². The Balaban J connectivity index is 1.47. The lowest BCUT2D eigenvalue weighted by Crippen LogP contribution is -2.29. The van der Waals surface area contributed by atoms with Crippen LogP contribution in [0.5, 0.6) is 0 Å². The molecular weight excluding hydrogens is 272 g/mol. The van der Waals surface area contributed by atoms with Crippen molar-refractivity contribution >= 4 is 5.78 Å². The van der Waals surface area contributed by atoms with Gasteiger partial charge in [0.15, 0.2) is 0 Å². The molecule has 0 heterocycles. The molecule has 0 amide bonds. The molecule has 0 radical (unpaired) electrons. The third-order valence-corrected chi connectivity index (χ3v) is 10.3. The number of hydrogen-bond donors (Lipinski definition) is 1. The summed E-state index contributed by atoms with van der Waals surface area (Å²) in [5, 5.41) is 10.3. The van der Waals surface area contributed by atoms with Crippen LogP contribution in [-0.2, 0) is 4.79 Å². The summed E-state index contributed by atoms with van der Waals surface area (Å²) in [7, 11) is 0. The van der Waals surface area contributed by atoms with Gasteiger partial charge in [0.25, 0.3) is 0 Å². The third kappa shape index (κ3) is 0.951. The molecule has 1 N–H and O–H groups in total. The Kier molecular flexibility index (Phi) is 1.92. The van der Waals surface area contributed by atoms with Crippen molar-refractivity contribution < 1.29 is 9.90 Å². The van der Waals surface area contributed by atoms with Gasteiger partial charge in [-0.2, -0.15) is 0 Å². The molecule has 7 saturated carbocycles. The molecule has 7 aliphatic carbocycles. The maximum absolute atomic E-state index is 13.2. The van der Waals surface area contributed by atoms with Crippen LogP contribution in [0.2, 0.25) is 0 Å². The van der Waals surface area contributed by atoms with Crippen LogP contribution in [0.3, 0.4) is 0 Å². The first-order chi connectivity index (χ1) is 10.8. The second-order valence-electron chi connectivity index (χ2n) is 9.92. The van der Waals surface area contributed by atoms with Gasteiger partial charge in [-0.3, -0.25) is 4.79 Å². The maximum Gasteiger partial charge on any atom is 0.139 e. The van der Waals surface area contributed by atoms with Crippen molar-refractivity contribution in [2.24, 2.45) is 76.9 Å². The summed E-state index contributed by atoms with van der Waals surface area (Å²) in [6, 6.07) is 0. The number of aliphatic hydroxyl groups excluding tert-OH is 1. The lowest BCUT2D eigenvalue weighted by atomic mass is 9.75. The van der Waals surface area contributed by atoms with Crippen LogP contribution < -0.4 is 0 Å². The Bertz CT molecular complexity index is 578. The van der Waals surface area contributed by atoms with E-state index >= 15 is 0 Å². The predicted octanol–water partition coefficient (Wildman–Crippen LogP) is 2.60. The van der Waals surface area contributed by atoms with Crippen molar-refractivity contribution in [3.05, 3.63) is 0 Å². The number of fused-ring (bicyclic) bond motifs is 5. The van der Waals surface area contributed by atoms with Crippen LogP contribution in [0.4, 0.5) is 0 Å². The van der Waals surface area contributed by atoms with Gasteiger partial charge in [0.1, 0.15) is 5.78 Å². The zero-order valence-corrected chi connectivity index (χ0v) is 13.1. The van der Waals surface area contributed by atoms with Crippen molar-refractivity contribution in [3.63, 3.8) is 0 Å². The summed E-state index contributed by atoms with van der Waals surface area (Å²) in [5.74, 6) is 10.4. The summed E-state index contributed by atoms with van der Waals surface area (Å²) >= 11 is 0. The number of ketones is 1. The highest BCUT2D eigenvalue weighted by molar-refractivity contribution is 5.88. The molecule has 13 atom stereocenters. The number of rotatable bonds is 1. The molecule has 0 aromatic carbocycles. The predicted molar refractivity (Wildman–Crippen MR) is 80.5 cm³/mol. The van der Waals surface area contributed by atoms with Crippen molar-refractivity contribution in [1.82, 2.24) is 0 Å². The van der Waals surface area contributed by atoms with Gasteiger partial charge in [-0.1, -0.05) is 6.42 Å². The van der Waals surface area contributed by atoms with Gasteiger partial charge in [0.2, 0.25) is 0 Å². The highest BCUT2D eigenvalue weighted by Gasteiger charge is 2.80. The van der Waals surface area contributed by atoms with Crippen molar-refractivity contribution in [2.75, 3.05) is 6.61 Å². The fourth-order valence-electron chi connectivity index (χ4n) is 10.6. The van der Waals surface area contributed by atoms with Gasteiger partial charge in [-0.15, -0.1) is 0 Å². The molecule has 0 spiro atoms. The van der Waals surface area contributed by atoms with Gasteiger partial charge in [0.05, 0.1) is 0 Å². The molecule has 118 valence electrons. The van der Waals surface area contributed by atoms with E-state index in [1.807, 2.05) is 0 Å². The molecule has 7 fully saturated rings. The van der Waals surface area contributed by atoms with Gasteiger partial charge in [-0.25, -0.2) is 0 Å². The zero-order chi connectivity index (χ0) is 14.3. The van der Waals surface area contributed by atoms with Gasteiger partial charge in [0, 0.05) is 18.4 Å². The Morgan fingerprint density at radius 2 is 1.50 bits per heavy atom. The first-order valence-corrected chi connectivity index (χ1v) is 9.97. The molecule has 0 aromatic heterocycles. The molecule has 7 aliphatic rings. The van der Waals surface area contributed by atoms with Crippen LogP contribution in [0, 0.1) is 76.9 Å². The number of carbonyl (C=O) groups excluding carboxylic acids is 1. The van der Waals surface area contributed by atoms with E-state index in [0.717, 1.165) is 65.0 Å². The average molecular weight is 298 g/mol. The normalized spacial score (nSPS) is 71.7. The number of aliphatic hydroxyl groups is 1. The maximum atomic E-state index is 13.2. The quantitative estimate of drug-likeness (QED) is 0.808. The highest BCUT2D eigenvalue weighted by atomic mass is 16.3. The van der Waals surface area contributed by atoms with Crippen molar-refractivity contribution in [2.45, 2.75) is 32.1 Å². The van der Waals surface area contributed by atoms with Gasteiger partial charge < -0.3 is 5.11 Å². The summed E-state index contributed by atoms with van der Waals surface area (Å²) in [5.41, 5.74) is 0. The van der Waals surface area contributed by atoms with Crippen LogP contribution >= 0.6 is 0 Å². The van der Waals surface area contributed by atoms with E-state index in [0.29, 0.717) is 24.4 Å². The first kappa shape index (κ1) is 12.1. The monoisotopic (exact) mass is 298 g/mol. The molecule has 2 heteroatoms. The fraction of sp³-hybridized carbons (Fsp3) is 0.950. The van der Waals surface area contributed by atoms with Crippen LogP contribution in [-0.4, -0.2) is 17.5 Å². The van der Waals surface area contributed by atoms with E-state index in [2.05, 4.69) is 0 Å². The molecule has 7 rings (SSSR count). The Labute approximate surface area is 132 Å². The van der Waals surface area contributed by atoms with E-state index < -0.39 is 0 Å². The lowest BCUT2D eigenvalue weighted by molar-refractivity contribution is -0.126. The average Bonchev–Trinajstić information content (AvgIpc) is 3.26. The van der Waals surface area contributed by atoms with E-state index in [-0.39, 0.29) is 0 Å². The Morgan fingerprint density at radius 1 is 0.773 bits per heavy atom. The number of carbonyl (C=O) groups is 1. The third-order valence-electron chi connectivity index (χ3n) is 10.3. The van der Waals surface area contributed by atoms with Gasteiger partial charge in [-0.05, 0) is 90.8 Å². The molecule has 0 aliphatic heterocycles. The van der Waals surface area contributed by atoms with E-state index in [4.69, 9.17) is 0 Å². The summed E-state index contributed by atoms with van der Waals surface area (Å²) < 4.78 is 0. The second kappa shape index (κ2) is 3.50. The van der Waals surface area contributed by atoms with E-state index in [1.54, 1.807) is 0 Å². The SMILES string of the molecule is O=C1[C@@H]2[C@@H]3[C@H]4[C@H]([C@H](CO)[C@@H]5[C@H]6CCC[C@H]6[C@@H]2[C@H]54)[C@@H]2CC[C@@H]1[C@H]23. The molecule has 0 aromatic rings. The number of hydrogen-bond acceptors (Lipinski definition) is 2. The minimum absolute atomic E-state index is 0.442. The standard InChI is InChI=1S/C20H26O2/c21-6-11-12-7-2-1-3-8(7)15-16(12)17-14(11)9-4-5-10-13(9)18(17)19(15)20(10)22/h7-19,21H,1-6H2/t7-,8+,9+,10+,11+,12-,13-,14-,15+,16-,17-,18-,19-/m0/s1. The number of Topliss-reactive ketones (excluding diaryl/α,β-unsaturated/α-hetero) is 1. The minimum Gasteiger partial charge on any atom is -0.396 e. The van der Waals surface area contributed by atoms with Crippen LogP contribution in [0.1, 0.15) is 32.1 Å². The van der Waals surface area contributed by atoms with Crippen LogP contribution in [0.25, 0.3) is 0 Å².